The van der Waals surface area contributed by atoms with Gasteiger partial charge in [-0.25, -0.2) is 9.97 Å². The average molecular weight is 690 g/mol. The molecule has 0 aliphatic heterocycles. The number of aromatic nitrogens is 3. The number of furan rings is 1. The minimum Gasteiger partial charge on any atom is -0.455 e. The lowest BCUT2D eigenvalue weighted by molar-refractivity contribution is 0.670. The summed E-state index contributed by atoms with van der Waals surface area (Å²) in [5.41, 5.74) is 13.5. The Balaban J connectivity index is 1.10. The molecule has 0 amide bonds. The number of hydrogen-bond acceptors (Lipinski definition) is 3. The molecule has 0 unspecified atom stereocenters. The first-order chi connectivity index (χ1) is 26.8. The third-order valence-corrected chi connectivity index (χ3v) is 10.6. The van der Waals surface area contributed by atoms with Crippen molar-refractivity contribution in [1.82, 2.24) is 14.5 Å². The van der Waals surface area contributed by atoms with Gasteiger partial charge in [-0.05, 0) is 71.3 Å². The summed E-state index contributed by atoms with van der Waals surface area (Å²) in [4.78, 5) is 10.4. The normalized spacial score (nSPS) is 11.7. The fraction of sp³-hybridized carbons (Fsp3) is 0. The number of hydrogen-bond donors (Lipinski definition) is 0. The first-order valence-electron chi connectivity index (χ1n) is 18.2. The van der Waals surface area contributed by atoms with E-state index in [1.807, 2.05) is 30.3 Å². The second kappa shape index (κ2) is 12.1. The molecular weight excluding hydrogens is 659 g/mol. The fourth-order valence-electron chi connectivity index (χ4n) is 8.06. The minimum atomic E-state index is 0.700. The van der Waals surface area contributed by atoms with Crippen molar-refractivity contribution in [2.75, 3.05) is 0 Å². The van der Waals surface area contributed by atoms with Gasteiger partial charge in [-0.1, -0.05) is 133 Å². The van der Waals surface area contributed by atoms with Crippen LogP contribution in [0.4, 0.5) is 0 Å². The molecule has 8 aromatic carbocycles. The van der Waals surface area contributed by atoms with Crippen LogP contribution in [-0.2, 0) is 0 Å². The number of fused-ring (bicyclic) bond motifs is 7. The number of benzene rings is 8. The number of nitrogens with zero attached hydrogens (tertiary/aromatic N) is 3. The van der Waals surface area contributed by atoms with Gasteiger partial charge in [0.2, 0.25) is 0 Å². The zero-order chi connectivity index (χ0) is 35.6. The molecule has 4 nitrogen and oxygen atoms in total. The number of para-hydroxylation sites is 4. The SMILES string of the molecule is c1ccc(-c2nc(-c3cccc(-c4cccc5c4oc4ccccc45)c3)c3cc(-c4ccc5c(c4)c4ccccc4n5-c4ccccc4)ccc3n2)cc1. The summed E-state index contributed by atoms with van der Waals surface area (Å²) in [6.45, 7) is 0. The van der Waals surface area contributed by atoms with E-state index in [0.29, 0.717) is 5.82 Å². The maximum atomic E-state index is 6.45. The van der Waals surface area contributed by atoms with Crippen LogP contribution < -0.4 is 0 Å². The van der Waals surface area contributed by atoms with Crippen LogP contribution in [0.5, 0.6) is 0 Å². The molecule has 0 spiro atoms. The van der Waals surface area contributed by atoms with Crippen LogP contribution in [0.3, 0.4) is 0 Å². The summed E-state index contributed by atoms with van der Waals surface area (Å²) in [6, 6.07) is 66.1. The van der Waals surface area contributed by atoms with Crippen LogP contribution in [0.25, 0.3) is 105 Å². The van der Waals surface area contributed by atoms with E-state index in [-0.39, 0.29) is 0 Å². The van der Waals surface area contributed by atoms with Gasteiger partial charge in [0.05, 0.1) is 22.2 Å². The lowest BCUT2D eigenvalue weighted by Gasteiger charge is -2.13. The van der Waals surface area contributed by atoms with Gasteiger partial charge in [-0.3, -0.25) is 0 Å². The molecular formula is C50H31N3O. The zero-order valence-electron chi connectivity index (χ0n) is 29.1. The van der Waals surface area contributed by atoms with Crippen LogP contribution in [0.1, 0.15) is 0 Å². The van der Waals surface area contributed by atoms with E-state index in [1.54, 1.807) is 0 Å². The molecule has 252 valence electrons. The Hall–Kier alpha value is -7.30. The first kappa shape index (κ1) is 30.3. The summed E-state index contributed by atoms with van der Waals surface area (Å²) in [5, 5.41) is 5.68. The van der Waals surface area contributed by atoms with E-state index in [4.69, 9.17) is 14.4 Å². The molecule has 0 N–H and O–H groups in total. The molecule has 0 atom stereocenters. The van der Waals surface area contributed by atoms with Gasteiger partial charge in [0.1, 0.15) is 11.2 Å². The van der Waals surface area contributed by atoms with Gasteiger partial charge in [-0.15, -0.1) is 0 Å². The lowest BCUT2D eigenvalue weighted by atomic mass is 9.96. The molecule has 11 aromatic rings. The summed E-state index contributed by atoms with van der Waals surface area (Å²) >= 11 is 0. The molecule has 0 aliphatic carbocycles. The van der Waals surface area contributed by atoms with Crippen molar-refractivity contribution < 1.29 is 4.42 Å². The highest BCUT2D eigenvalue weighted by molar-refractivity contribution is 6.11. The van der Waals surface area contributed by atoms with Crippen molar-refractivity contribution >= 4 is 54.6 Å². The molecule has 4 heteroatoms. The standard InChI is InChI=1S/C50H31N3O/c1-3-13-32(14-4-1)50-51-44-27-25-33(34-26-28-46-42(30-34)39-19-7-9-23-45(39)53(46)37-17-5-2-6-18-37)31-43(44)48(52-50)36-16-11-15-35(29-36)38-21-12-22-41-40-20-8-10-24-47(40)54-49(38)41/h1-31H. The molecule has 0 saturated carbocycles. The van der Waals surface area contributed by atoms with E-state index in [9.17, 15) is 0 Å². The smallest absolute Gasteiger partial charge is 0.160 e. The third kappa shape index (κ3) is 4.85. The summed E-state index contributed by atoms with van der Waals surface area (Å²) < 4.78 is 8.80. The van der Waals surface area contributed by atoms with Crippen LogP contribution in [0.15, 0.2) is 192 Å². The Bertz CT molecular complexity index is 3210. The molecule has 3 aromatic heterocycles. The van der Waals surface area contributed by atoms with Crippen molar-refractivity contribution in [1.29, 1.82) is 0 Å². The summed E-state index contributed by atoms with van der Waals surface area (Å²) in [6.07, 6.45) is 0. The molecule has 11 rings (SSSR count). The molecule has 54 heavy (non-hydrogen) atoms. The van der Waals surface area contributed by atoms with Crippen LogP contribution in [0, 0.1) is 0 Å². The topological polar surface area (TPSA) is 43.9 Å². The van der Waals surface area contributed by atoms with Gasteiger partial charge in [-0.2, -0.15) is 0 Å². The van der Waals surface area contributed by atoms with E-state index >= 15 is 0 Å². The van der Waals surface area contributed by atoms with Crippen molar-refractivity contribution in [3.8, 4) is 50.6 Å². The maximum Gasteiger partial charge on any atom is 0.160 e. The minimum absolute atomic E-state index is 0.700. The monoisotopic (exact) mass is 689 g/mol. The second-order valence-corrected chi connectivity index (χ2v) is 13.8. The van der Waals surface area contributed by atoms with E-state index < -0.39 is 0 Å². The van der Waals surface area contributed by atoms with Gasteiger partial charge in [0, 0.05) is 49.3 Å². The first-order valence-corrected chi connectivity index (χ1v) is 18.2. The van der Waals surface area contributed by atoms with Crippen molar-refractivity contribution in [2.45, 2.75) is 0 Å². The molecule has 0 fully saturated rings. The van der Waals surface area contributed by atoms with Crippen molar-refractivity contribution in [3.05, 3.63) is 188 Å². The Kier molecular flexibility index (Phi) is 6.82. The highest BCUT2D eigenvalue weighted by atomic mass is 16.3. The molecule has 0 aliphatic rings. The predicted octanol–water partition coefficient (Wildman–Crippen LogP) is 13.3. The molecule has 0 radical (unpaired) electrons. The largest absolute Gasteiger partial charge is 0.455 e. The lowest BCUT2D eigenvalue weighted by Crippen LogP contribution is -1.96. The van der Waals surface area contributed by atoms with Gasteiger partial charge in [0.25, 0.3) is 0 Å². The second-order valence-electron chi connectivity index (χ2n) is 13.8. The predicted molar refractivity (Wildman–Crippen MR) is 223 cm³/mol. The maximum absolute atomic E-state index is 6.45. The van der Waals surface area contributed by atoms with E-state index in [2.05, 4.69) is 162 Å². The quantitative estimate of drug-likeness (QED) is 0.181. The van der Waals surface area contributed by atoms with Gasteiger partial charge >= 0.3 is 0 Å². The van der Waals surface area contributed by atoms with Gasteiger partial charge < -0.3 is 8.98 Å². The summed E-state index contributed by atoms with van der Waals surface area (Å²) in [5.74, 6) is 0.700. The van der Waals surface area contributed by atoms with Crippen LogP contribution in [-0.4, -0.2) is 14.5 Å². The number of rotatable bonds is 5. The Morgan fingerprint density at radius 3 is 1.91 bits per heavy atom. The highest BCUT2D eigenvalue weighted by Gasteiger charge is 2.17. The molecule has 0 saturated heterocycles. The van der Waals surface area contributed by atoms with E-state index in [1.165, 1.54) is 21.8 Å². The van der Waals surface area contributed by atoms with Gasteiger partial charge in [0.15, 0.2) is 5.82 Å². The zero-order valence-corrected chi connectivity index (χ0v) is 29.1. The average Bonchev–Trinajstić information content (AvgIpc) is 3.79. The molecule has 0 bridgehead atoms. The van der Waals surface area contributed by atoms with E-state index in [0.717, 1.165) is 77.6 Å². The Morgan fingerprint density at radius 1 is 0.389 bits per heavy atom. The Morgan fingerprint density at radius 2 is 1.04 bits per heavy atom. The van der Waals surface area contributed by atoms with Crippen LogP contribution >= 0.6 is 0 Å². The fourth-order valence-corrected chi connectivity index (χ4v) is 8.06. The third-order valence-electron chi connectivity index (χ3n) is 10.6. The summed E-state index contributed by atoms with van der Waals surface area (Å²) in [7, 11) is 0. The molecule has 3 heterocycles. The van der Waals surface area contributed by atoms with Crippen molar-refractivity contribution in [3.63, 3.8) is 0 Å². The Labute approximate surface area is 311 Å². The van der Waals surface area contributed by atoms with Crippen molar-refractivity contribution in [2.24, 2.45) is 0 Å². The highest BCUT2D eigenvalue weighted by Crippen LogP contribution is 2.40. The van der Waals surface area contributed by atoms with Crippen LogP contribution in [0.2, 0.25) is 0 Å².